The topological polar surface area (TPSA) is 90.9 Å². The van der Waals surface area contributed by atoms with Gasteiger partial charge in [0.15, 0.2) is 5.69 Å². The van der Waals surface area contributed by atoms with Gasteiger partial charge in [0, 0.05) is 6.54 Å². The van der Waals surface area contributed by atoms with Gasteiger partial charge < -0.3 is 10.4 Å². The predicted octanol–water partition coefficient (Wildman–Crippen LogP) is -0.695. The largest absolute Gasteiger partial charge is 0.393 e. The molecule has 1 atom stereocenters. The molecular weight excluding hydrogens is 172 g/mol. The van der Waals surface area contributed by atoms with Crippen molar-refractivity contribution < 1.29 is 9.90 Å². The minimum atomic E-state index is -0.405. The fourth-order valence-electron chi connectivity index (χ4n) is 0.796. The molecular formula is C7H12N4O2. The summed E-state index contributed by atoms with van der Waals surface area (Å²) in [5.74, 6) is -0.283. The lowest BCUT2D eigenvalue weighted by Gasteiger charge is -2.04. The molecule has 0 saturated heterocycles. The number of hydrogen-bond acceptors (Lipinski definition) is 4. The Hall–Kier alpha value is -1.43. The van der Waals surface area contributed by atoms with E-state index in [0.29, 0.717) is 13.0 Å². The normalized spacial score (nSPS) is 12.5. The van der Waals surface area contributed by atoms with Crippen LogP contribution in [0.15, 0.2) is 6.20 Å². The van der Waals surface area contributed by atoms with Crippen molar-refractivity contribution in [3.63, 3.8) is 0 Å². The van der Waals surface area contributed by atoms with Crippen LogP contribution in [0, 0.1) is 0 Å². The van der Waals surface area contributed by atoms with Crippen molar-refractivity contribution in [2.24, 2.45) is 0 Å². The standard InChI is InChI=1S/C7H12N4O2/c1-5(12)2-3-8-7(13)6-4-9-11-10-6/h4-5,12H,2-3H2,1H3,(H,8,13)(H,9,10,11). The van der Waals surface area contributed by atoms with E-state index in [1.807, 2.05) is 0 Å². The zero-order chi connectivity index (χ0) is 9.68. The monoisotopic (exact) mass is 184 g/mol. The minimum Gasteiger partial charge on any atom is -0.393 e. The van der Waals surface area contributed by atoms with Crippen LogP contribution in [0.5, 0.6) is 0 Å². The highest BCUT2D eigenvalue weighted by molar-refractivity contribution is 5.91. The van der Waals surface area contributed by atoms with E-state index in [1.54, 1.807) is 6.92 Å². The lowest BCUT2D eigenvalue weighted by molar-refractivity contribution is 0.0940. The van der Waals surface area contributed by atoms with Crippen LogP contribution in [0.25, 0.3) is 0 Å². The Balaban J connectivity index is 2.27. The summed E-state index contributed by atoms with van der Waals surface area (Å²) >= 11 is 0. The number of aliphatic hydroxyl groups is 1. The van der Waals surface area contributed by atoms with E-state index < -0.39 is 6.10 Å². The molecule has 1 unspecified atom stereocenters. The molecule has 6 nitrogen and oxygen atoms in total. The van der Waals surface area contributed by atoms with E-state index >= 15 is 0 Å². The second kappa shape index (κ2) is 4.56. The van der Waals surface area contributed by atoms with Gasteiger partial charge in [-0.15, -0.1) is 0 Å². The first-order chi connectivity index (χ1) is 6.20. The Morgan fingerprint density at radius 2 is 2.62 bits per heavy atom. The number of H-pyrrole nitrogens is 1. The van der Waals surface area contributed by atoms with Crippen LogP contribution in [0.2, 0.25) is 0 Å². The second-order valence-corrected chi connectivity index (χ2v) is 2.75. The predicted molar refractivity (Wildman–Crippen MR) is 45.0 cm³/mol. The third kappa shape index (κ3) is 3.20. The number of nitrogens with zero attached hydrogens (tertiary/aromatic N) is 2. The minimum absolute atomic E-state index is 0.255. The highest BCUT2D eigenvalue weighted by Gasteiger charge is 2.07. The first kappa shape index (κ1) is 9.66. The first-order valence-corrected chi connectivity index (χ1v) is 4.02. The summed E-state index contributed by atoms with van der Waals surface area (Å²) in [6.45, 7) is 2.10. The molecule has 72 valence electrons. The molecule has 0 aromatic carbocycles. The summed E-state index contributed by atoms with van der Waals surface area (Å²) in [5, 5.41) is 20.9. The summed E-state index contributed by atoms with van der Waals surface area (Å²) in [6.07, 6.45) is 1.47. The van der Waals surface area contributed by atoms with E-state index in [2.05, 4.69) is 20.7 Å². The summed E-state index contributed by atoms with van der Waals surface area (Å²) in [4.78, 5) is 11.2. The van der Waals surface area contributed by atoms with E-state index in [0.717, 1.165) is 0 Å². The van der Waals surface area contributed by atoms with Crippen LogP contribution in [0.3, 0.4) is 0 Å². The molecule has 3 N–H and O–H groups in total. The first-order valence-electron chi connectivity index (χ1n) is 4.02. The van der Waals surface area contributed by atoms with Crippen LogP contribution < -0.4 is 5.32 Å². The third-order valence-electron chi connectivity index (χ3n) is 1.50. The SMILES string of the molecule is CC(O)CCNC(=O)c1cn[nH]n1. The van der Waals surface area contributed by atoms with Crippen LogP contribution in [0.1, 0.15) is 23.8 Å². The van der Waals surface area contributed by atoms with Gasteiger partial charge in [-0.2, -0.15) is 15.4 Å². The Bertz CT molecular complexity index is 257. The third-order valence-corrected chi connectivity index (χ3v) is 1.50. The Morgan fingerprint density at radius 1 is 1.85 bits per heavy atom. The molecule has 1 aromatic rings. The highest BCUT2D eigenvalue weighted by Crippen LogP contribution is 1.90. The van der Waals surface area contributed by atoms with E-state index in [1.165, 1.54) is 6.20 Å². The van der Waals surface area contributed by atoms with Gasteiger partial charge in [-0.05, 0) is 13.3 Å². The molecule has 0 aliphatic rings. The maximum absolute atomic E-state index is 11.2. The molecule has 1 amide bonds. The maximum Gasteiger partial charge on any atom is 0.273 e. The molecule has 0 saturated carbocycles. The smallest absolute Gasteiger partial charge is 0.273 e. The zero-order valence-electron chi connectivity index (χ0n) is 7.32. The molecule has 6 heteroatoms. The van der Waals surface area contributed by atoms with Crippen molar-refractivity contribution in [1.82, 2.24) is 20.7 Å². The van der Waals surface area contributed by atoms with Crippen LogP contribution in [-0.4, -0.2) is 39.1 Å². The quantitative estimate of drug-likeness (QED) is 0.577. The highest BCUT2D eigenvalue weighted by atomic mass is 16.3. The number of aliphatic hydroxyl groups excluding tert-OH is 1. The molecule has 0 bridgehead atoms. The lowest BCUT2D eigenvalue weighted by Crippen LogP contribution is -2.26. The van der Waals surface area contributed by atoms with E-state index in [9.17, 15) is 4.79 Å². The van der Waals surface area contributed by atoms with Gasteiger partial charge in [-0.3, -0.25) is 4.79 Å². The Morgan fingerprint density at radius 3 is 3.15 bits per heavy atom. The number of aromatic nitrogens is 3. The van der Waals surface area contributed by atoms with Crippen LogP contribution >= 0.6 is 0 Å². The number of aromatic amines is 1. The van der Waals surface area contributed by atoms with Gasteiger partial charge in [0.2, 0.25) is 0 Å². The number of hydrogen-bond donors (Lipinski definition) is 3. The molecule has 0 spiro atoms. The second-order valence-electron chi connectivity index (χ2n) is 2.75. The summed E-state index contributed by atoms with van der Waals surface area (Å²) in [5.41, 5.74) is 0.255. The zero-order valence-corrected chi connectivity index (χ0v) is 7.32. The lowest BCUT2D eigenvalue weighted by atomic mass is 10.3. The molecule has 1 heterocycles. The van der Waals surface area contributed by atoms with Crippen molar-refractivity contribution in [3.05, 3.63) is 11.9 Å². The number of amides is 1. The van der Waals surface area contributed by atoms with Crippen LogP contribution in [-0.2, 0) is 0 Å². The van der Waals surface area contributed by atoms with Gasteiger partial charge in [0.25, 0.3) is 5.91 Å². The Labute approximate surface area is 75.3 Å². The van der Waals surface area contributed by atoms with Crippen molar-refractivity contribution in [2.75, 3.05) is 6.54 Å². The number of rotatable bonds is 4. The molecule has 0 aliphatic carbocycles. The molecule has 0 radical (unpaired) electrons. The van der Waals surface area contributed by atoms with E-state index in [4.69, 9.17) is 5.11 Å². The average molecular weight is 184 g/mol. The van der Waals surface area contributed by atoms with E-state index in [-0.39, 0.29) is 11.6 Å². The fourth-order valence-corrected chi connectivity index (χ4v) is 0.796. The molecule has 0 aliphatic heterocycles. The van der Waals surface area contributed by atoms with Crippen molar-refractivity contribution in [3.8, 4) is 0 Å². The summed E-state index contributed by atoms with van der Waals surface area (Å²) < 4.78 is 0. The molecule has 13 heavy (non-hydrogen) atoms. The summed E-state index contributed by atoms with van der Waals surface area (Å²) in [6, 6.07) is 0. The van der Waals surface area contributed by atoms with Gasteiger partial charge in [0.05, 0.1) is 12.3 Å². The molecule has 1 rings (SSSR count). The number of nitrogens with one attached hydrogen (secondary N) is 2. The van der Waals surface area contributed by atoms with Crippen molar-refractivity contribution in [1.29, 1.82) is 0 Å². The fraction of sp³-hybridized carbons (Fsp3) is 0.571. The number of carbonyl (C=O) groups excluding carboxylic acids is 1. The van der Waals surface area contributed by atoms with Crippen molar-refractivity contribution in [2.45, 2.75) is 19.4 Å². The van der Waals surface area contributed by atoms with Gasteiger partial charge in [-0.1, -0.05) is 0 Å². The van der Waals surface area contributed by atoms with Crippen molar-refractivity contribution >= 4 is 5.91 Å². The maximum atomic E-state index is 11.2. The molecule has 1 aromatic heterocycles. The van der Waals surface area contributed by atoms with Gasteiger partial charge in [0.1, 0.15) is 0 Å². The number of carbonyl (C=O) groups is 1. The molecule has 0 fully saturated rings. The average Bonchev–Trinajstić information content (AvgIpc) is 2.55. The Kier molecular flexibility index (Phi) is 3.39. The summed E-state index contributed by atoms with van der Waals surface area (Å²) in [7, 11) is 0. The van der Waals surface area contributed by atoms with Gasteiger partial charge >= 0.3 is 0 Å². The van der Waals surface area contributed by atoms with Crippen LogP contribution in [0.4, 0.5) is 0 Å². The van der Waals surface area contributed by atoms with Gasteiger partial charge in [-0.25, -0.2) is 0 Å².